The summed E-state index contributed by atoms with van der Waals surface area (Å²) in [6, 6.07) is 15.5. The number of thioether (sulfide) groups is 1. The molecule has 0 radical (unpaired) electrons. The van der Waals surface area contributed by atoms with Gasteiger partial charge in [0.15, 0.2) is 11.5 Å². The van der Waals surface area contributed by atoms with Gasteiger partial charge in [0.25, 0.3) is 32.8 Å². The molecule has 0 atom stereocenters. The summed E-state index contributed by atoms with van der Waals surface area (Å²) in [5.74, 6) is -1.17. The Labute approximate surface area is 336 Å². The number of nitro benzene ring substituents is 1. The number of amides is 3. The molecule has 1 aliphatic rings. The van der Waals surface area contributed by atoms with Crippen molar-refractivity contribution in [2.45, 2.75) is 16.7 Å². The van der Waals surface area contributed by atoms with Gasteiger partial charge in [0.05, 0.1) is 46.8 Å². The molecule has 1 heterocycles. The molecular weight excluding hydrogens is 828 g/mol. The topological polar surface area (TPSA) is 218 Å². The maximum atomic E-state index is 13.6. The molecule has 0 saturated carbocycles. The molecule has 0 aliphatic carbocycles. The molecule has 57 heavy (non-hydrogen) atoms. The molecule has 300 valence electrons. The third-order valence-electron chi connectivity index (χ3n) is 8.39. The van der Waals surface area contributed by atoms with E-state index in [-0.39, 0.29) is 67.7 Å². The van der Waals surface area contributed by atoms with Crippen LogP contribution in [-0.2, 0) is 24.9 Å². The third-order valence-corrected chi connectivity index (χ3v) is 12.6. The van der Waals surface area contributed by atoms with E-state index in [1.165, 1.54) is 108 Å². The maximum absolute atomic E-state index is 13.6. The fourth-order valence-electron chi connectivity index (χ4n) is 5.35. The van der Waals surface area contributed by atoms with Crippen molar-refractivity contribution in [2.24, 2.45) is 0 Å². The largest absolute Gasteiger partial charge is 0.495 e. The summed E-state index contributed by atoms with van der Waals surface area (Å²) < 4.78 is 75.0. The van der Waals surface area contributed by atoms with Gasteiger partial charge in [0.1, 0.15) is 16.4 Å². The molecule has 0 aromatic heterocycles. The second kappa shape index (κ2) is 17.1. The van der Waals surface area contributed by atoms with Gasteiger partial charge in [-0.1, -0.05) is 29.8 Å². The second-order valence-electron chi connectivity index (χ2n) is 11.9. The number of ether oxygens (including phenoxy) is 3. The highest BCUT2D eigenvalue weighted by molar-refractivity contribution is 8.18. The van der Waals surface area contributed by atoms with Crippen LogP contribution in [0, 0.1) is 17.0 Å². The third kappa shape index (κ3) is 9.09. The van der Waals surface area contributed by atoms with E-state index in [4.69, 9.17) is 30.0 Å². The van der Waals surface area contributed by atoms with E-state index in [0.29, 0.717) is 17.3 Å². The van der Waals surface area contributed by atoms with E-state index >= 15 is 0 Å². The molecule has 1 aliphatic heterocycles. The van der Waals surface area contributed by atoms with Crippen LogP contribution in [0.4, 0.5) is 16.2 Å². The Morgan fingerprint density at radius 1 is 0.912 bits per heavy atom. The SMILES string of the molecule is COc1cc(OC)c(N(C)S(=O)(=O)c2cccc(C(=O)NCCN3C(=O)S/C(=C/c4ccc(OS(=O)(=O)c5ccc(C)c([N+](=O)[O-])c5)c(OC)c4)C3=O)c2)cc1Cl. The van der Waals surface area contributed by atoms with Gasteiger partial charge in [0.2, 0.25) is 0 Å². The molecule has 0 bridgehead atoms. The summed E-state index contributed by atoms with van der Waals surface area (Å²) in [4.78, 5) is 49.9. The van der Waals surface area contributed by atoms with Crippen LogP contribution in [0.2, 0.25) is 5.02 Å². The van der Waals surface area contributed by atoms with Crippen LogP contribution in [0.1, 0.15) is 21.5 Å². The van der Waals surface area contributed by atoms with E-state index in [1.807, 2.05) is 0 Å². The lowest BCUT2D eigenvalue weighted by Crippen LogP contribution is -2.37. The molecule has 3 amide bonds. The normalized spacial score (nSPS) is 13.7. The standard InChI is InChI=1S/C36H33ClN4O13S3/c1-21-9-11-25(18-27(21)41(45)46)57(49,50)54-29-12-10-22(15-32(29)53-5)16-33-35(43)40(36(44)55-33)14-13-38-34(42)23-7-6-8-24(17-23)56(47,48)39(2)28-19-26(37)30(51-3)20-31(28)52-4/h6-12,15-20H,13-14H2,1-5H3,(H,38,42)/b33-16+. The van der Waals surface area contributed by atoms with Gasteiger partial charge >= 0.3 is 10.1 Å². The number of nitrogens with one attached hydrogen (secondary N) is 1. The monoisotopic (exact) mass is 860 g/mol. The summed E-state index contributed by atoms with van der Waals surface area (Å²) in [7, 11) is -3.43. The van der Waals surface area contributed by atoms with Gasteiger partial charge in [-0.2, -0.15) is 8.42 Å². The number of sulfonamides is 1. The molecule has 1 saturated heterocycles. The van der Waals surface area contributed by atoms with Crippen LogP contribution in [0.15, 0.2) is 87.5 Å². The number of nitro groups is 1. The minimum atomic E-state index is -4.52. The molecule has 5 rings (SSSR count). The Morgan fingerprint density at radius 2 is 1.61 bits per heavy atom. The number of carbonyl (C=O) groups excluding carboxylic acids is 3. The highest BCUT2D eigenvalue weighted by Crippen LogP contribution is 2.40. The number of benzene rings is 4. The van der Waals surface area contributed by atoms with E-state index in [1.54, 1.807) is 0 Å². The molecular formula is C36H33ClN4O13S3. The van der Waals surface area contributed by atoms with Crippen molar-refractivity contribution in [3.63, 3.8) is 0 Å². The molecule has 1 N–H and O–H groups in total. The van der Waals surface area contributed by atoms with Gasteiger partial charge in [-0.05, 0) is 72.8 Å². The zero-order valence-corrected chi connectivity index (χ0v) is 33.9. The Bertz CT molecular complexity index is 2550. The predicted octanol–water partition coefficient (Wildman–Crippen LogP) is 5.64. The first-order valence-corrected chi connectivity index (χ1v) is 20.4. The fraction of sp³-hybridized carbons (Fsp3) is 0.194. The number of methoxy groups -OCH3 is 3. The molecule has 0 unspecified atom stereocenters. The molecule has 0 spiro atoms. The molecule has 17 nitrogen and oxygen atoms in total. The van der Waals surface area contributed by atoms with Crippen LogP contribution in [0.25, 0.3) is 6.08 Å². The van der Waals surface area contributed by atoms with Crippen molar-refractivity contribution in [2.75, 3.05) is 45.8 Å². The zero-order chi connectivity index (χ0) is 41.8. The van der Waals surface area contributed by atoms with Crippen molar-refractivity contribution in [3.05, 3.63) is 110 Å². The summed E-state index contributed by atoms with van der Waals surface area (Å²) in [5, 5.41) is 13.4. The first-order valence-electron chi connectivity index (χ1n) is 16.3. The Hall–Kier alpha value is -5.83. The van der Waals surface area contributed by atoms with E-state index < -0.39 is 52.7 Å². The number of halogens is 1. The Kier molecular flexibility index (Phi) is 12.7. The quantitative estimate of drug-likeness (QED) is 0.0662. The molecule has 1 fully saturated rings. The number of hydrogen-bond donors (Lipinski definition) is 1. The van der Waals surface area contributed by atoms with Gasteiger partial charge in [-0.25, -0.2) is 8.42 Å². The number of anilines is 1. The van der Waals surface area contributed by atoms with Crippen molar-refractivity contribution in [1.29, 1.82) is 0 Å². The predicted molar refractivity (Wildman–Crippen MR) is 210 cm³/mol. The van der Waals surface area contributed by atoms with E-state index in [0.717, 1.165) is 15.3 Å². The lowest BCUT2D eigenvalue weighted by Gasteiger charge is -2.23. The zero-order valence-electron chi connectivity index (χ0n) is 30.7. The van der Waals surface area contributed by atoms with Crippen LogP contribution < -0.4 is 28.0 Å². The van der Waals surface area contributed by atoms with Gasteiger partial charge < -0.3 is 23.7 Å². The lowest BCUT2D eigenvalue weighted by atomic mass is 10.2. The minimum absolute atomic E-state index is 0.00686. The average molecular weight is 861 g/mol. The highest BCUT2D eigenvalue weighted by Gasteiger charge is 2.35. The summed E-state index contributed by atoms with van der Waals surface area (Å²) >= 11 is 6.88. The number of rotatable bonds is 15. The number of nitrogens with zero attached hydrogens (tertiary/aromatic N) is 3. The smallest absolute Gasteiger partial charge is 0.339 e. The number of carbonyl (C=O) groups is 3. The maximum Gasteiger partial charge on any atom is 0.339 e. The van der Waals surface area contributed by atoms with Crippen molar-refractivity contribution in [1.82, 2.24) is 10.2 Å². The number of hydrogen-bond acceptors (Lipinski definition) is 14. The highest BCUT2D eigenvalue weighted by atomic mass is 35.5. The number of imide groups is 1. The van der Waals surface area contributed by atoms with Gasteiger partial charge in [-0.3, -0.25) is 33.7 Å². The summed E-state index contributed by atoms with van der Waals surface area (Å²) in [5.41, 5.74) is 0.314. The van der Waals surface area contributed by atoms with Crippen molar-refractivity contribution >= 4 is 78.0 Å². The van der Waals surface area contributed by atoms with E-state index in [9.17, 15) is 41.3 Å². The van der Waals surface area contributed by atoms with Crippen LogP contribution in [0.5, 0.6) is 23.0 Å². The molecule has 4 aromatic carbocycles. The number of aryl methyl sites for hydroxylation is 1. The van der Waals surface area contributed by atoms with Crippen molar-refractivity contribution < 1.29 is 54.5 Å². The second-order valence-corrected chi connectivity index (χ2v) is 16.8. The van der Waals surface area contributed by atoms with Crippen LogP contribution in [-0.4, -0.2) is 85.2 Å². The molecule has 4 aromatic rings. The van der Waals surface area contributed by atoms with Gasteiger partial charge in [0, 0.05) is 43.4 Å². The van der Waals surface area contributed by atoms with E-state index in [2.05, 4.69) is 5.32 Å². The van der Waals surface area contributed by atoms with Crippen molar-refractivity contribution in [3.8, 4) is 23.0 Å². The molecule has 21 heteroatoms. The van der Waals surface area contributed by atoms with Gasteiger partial charge in [-0.15, -0.1) is 0 Å². The summed E-state index contributed by atoms with van der Waals surface area (Å²) in [6.45, 7) is 1.09. The first kappa shape index (κ1) is 42.3. The lowest BCUT2D eigenvalue weighted by molar-refractivity contribution is -0.385. The fourth-order valence-corrected chi connectivity index (χ4v) is 8.66. The van der Waals surface area contributed by atoms with Crippen LogP contribution in [0.3, 0.4) is 0 Å². The summed E-state index contributed by atoms with van der Waals surface area (Å²) in [6.07, 6.45) is 1.38. The average Bonchev–Trinajstić information content (AvgIpc) is 3.44. The van der Waals surface area contributed by atoms with Crippen LogP contribution >= 0.6 is 23.4 Å². The Balaban J connectivity index is 1.24. The first-order chi connectivity index (χ1) is 26.9. The Morgan fingerprint density at radius 3 is 2.28 bits per heavy atom. The minimum Gasteiger partial charge on any atom is -0.495 e.